The van der Waals surface area contributed by atoms with Gasteiger partial charge in [0.2, 0.25) is 0 Å². The molecular formula is C26H26BrF3N6O2. The van der Waals surface area contributed by atoms with Crippen LogP contribution in [0, 0.1) is 0 Å². The number of nitrogens with zero attached hydrogens (tertiary/aromatic N) is 5. The van der Waals surface area contributed by atoms with Crippen LogP contribution in [-0.2, 0) is 4.74 Å². The summed E-state index contributed by atoms with van der Waals surface area (Å²) in [7, 11) is 0. The second kappa shape index (κ2) is 9.81. The molecule has 1 aliphatic rings. The monoisotopic (exact) mass is 590 g/mol. The number of pyridine rings is 2. The summed E-state index contributed by atoms with van der Waals surface area (Å²) in [6.07, 6.45) is -3.39. The van der Waals surface area contributed by atoms with Crippen LogP contribution in [0.4, 0.5) is 18.0 Å². The molecule has 200 valence electrons. The first-order valence-electron chi connectivity index (χ1n) is 12.1. The molecule has 3 aromatic heterocycles. The van der Waals surface area contributed by atoms with Crippen LogP contribution >= 0.6 is 15.9 Å². The van der Waals surface area contributed by atoms with E-state index in [1.165, 1.54) is 27.6 Å². The molecule has 1 fully saturated rings. The van der Waals surface area contributed by atoms with Crippen LogP contribution in [-0.4, -0.2) is 61.5 Å². The number of ether oxygens (including phenoxy) is 1. The fourth-order valence-corrected chi connectivity index (χ4v) is 5.17. The fraction of sp³-hybridized carbons (Fsp3) is 0.385. The van der Waals surface area contributed by atoms with E-state index in [1.807, 2.05) is 24.3 Å². The van der Waals surface area contributed by atoms with E-state index in [0.717, 1.165) is 9.86 Å². The zero-order valence-corrected chi connectivity index (χ0v) is 22.5. The molecule has 0 saturated carbocycles. The summed E-state index contributed by atoms with van der Waals surface area (Å²) >= 11 is 3.50. The Morgan fingerprint density at radius 3 is 2.66 bits per heavy atom. The molecule has 12 heteroatoms. The highest BCUT2D eigenvalue weighted by atomic mass is 79.9. The summed E-state index contributed by atoms with van der Waals surface area (Å²) in [5, 5.41) is 12.0. The van der Waals surface area contributed by atoms with Crippen LogP contribution < -0.4 is 5.32 Å². The number of fused-ring (bicyclic) bond motifs is 2. The number of aromatic nitrogens is 4. The van der Waals surface area contributed by atoms with Gasteiger partial charge < -0.3 is 10.1 Å². The van der Waals surface area contributed by atoms with Gasteiger partial charge in [0.05, 0.1) is 5.52 Å². The lowest BCUT2D eigenvalue weighted by Gasteiger charge is -2.30. The van der Waals surface area contributed by atoms with Gasteiger partial charge in [0.15, 0.2) is 11.5 Å². The highest BCUT2D eigenvalue weighted by Crippen LogP contribution is 2.40. The molecular weight excluding hydrogens is 565 g/mol. The smallest absolute Gasteiger partial charge is 0.408 e. The zero-order valence-electron chi connectivity index (χ0n) is 21.0. The third-order valence-electron chi connectivity index (χ3n) is 6.26. The van der Waals surface area contributed by atoms with E-state index in [9.17, 15) is 18.0 Å². The number of benzene rings is 1. The Kier molecular flexibility index (Phi) is 6.80. The molecule has 8 nitrogen and oxygen atoms in total. The lowest BCUT2D eigenvalue weighted by Crippen LogP contribution is -2.42. The van der Waals surface area contributed by atoms with Crippen molar-refractivity contribution in [3.05, 3.63) is 58.7 Å². The maximum absolute atomic E-state index is 14.4. The van der Waals surface area contributed by atoms with Gasteiger partial charge in [0.25, 0.3) is 0 Å². The van der Waals surface area contributed by atoms with Gasteiger partial charge >= 0.3 is 12.3 Å². The summed E-state index contributed by atoms with van der Waals surface area (Å²) in [6, 6.07) is 9.96. The summed E-state index contributed by atoms with van der Waals surface area (Å²) < 4.78 is 50.9. The summed E-state index contributed by atoms with van der Waals surface area (Å²) in [4.78, 5) is 18.2. The normalized spacial score (nSPS) is 17.7. The Morgan fingerprint density at radius 2 is 1.92 bits per heavy atom. The summed E-state index contributed by atoms with van der Waals surface area (Å²) in [6.45, 7) is 5.40. The predicted molar refractivity (Wildman–Crippen MR) is 140 cm³/mol. The predicted octanol–water partition coefficient (Wildman–Crippen LogP) is 5.91. The minimum atomic E-state index is -4.55. The number of amides is 1. The van der Waals surface area contributed by atoms with Gasteiger partial charge in [-0.15, -0.1) is 10.2 Å². The second-order valence-electron chi connectivity index (χ2n) is 10.3. The first kappa shape index (κ1) is 26.4. The maximum atomic E-state index is 14.4. The number of likely N-dealkylation sites (tertiary alicyclic amines) is 1. The highest BCUT2D eigenvalue weighted by molar-refractivity contribution is 9.10. The van der Waals surface area contributed by atoms with Gasteiger partial charge in [0, 0.05) is 35.2 Å². The summed E-state index contributed by atoms with van der Waals surface area (Å²) in [5.41, 5.74) is 0.960. The quantitative estimate of drug-likeness (QED) is 0.318. The van der Waals surface area contributed by atoms with E-state index in [2.05, 4.69) is 36.4 Å². The Labute approximate surface area is 225 Å². The van der Waals surface area contributed by atoms with Crippen molar-refractivity contribution < 1.29 is 22.7 Å². The molecule has 1 amide bonds. The number of hydrogen-bond acceptors (Lipinski definition) is 6. The van der Waals surface area contributed by atoms with E-state index >= 15 is 0 Å². The molecule has 0 radical (unpaired) electrons. The molecule has 0 bridgehead atoms. The molecule has 0 spiro atoms. The van der Waals surface area contributed by atoms with Crippen molar-refractivity contribution >= 4 is 38.6 Å². The number of alkyl carbamates (subject to hydrolysis) is 1. The number of hydrogen-bond donors (Lipinski definition) is 1. The molecule has 5 rings (SSSR count). The van der Waals surface area contributed by atoms with Gasteiger partial charge in [-0.05, 0) is 66.9 Å². The van der Waals surface area contributed by atoms with Crippen molar-refractivity contribution in [3.63, 3.8) is 0 Å². The van der Waals surface area contributed by atoms with E-state index in [1.54, 1.807) is 26.8 Å². The molecule has 0 unspecified atom stereocenters. The van der Waals surface area contributed by atoms with Crippen LogP contribution in [0.3, 0.4) is 0 Å². The van der Waals surface area contributed by atoms with E-state index < -0.39 is 30.0 Å². The lowest BCUT2D eigenvalue weighted by molar-refractivity contribution is -0.184. The minimum absolute atomic E-state index is 0.0384. The Balaban J connectivity index is 1.45. The van der Waals surface area contributed by atoms with Crippen molar-refractivity contribution in [1.82, 2.24) is 29.8 Å². The Bertz CT molecular complexity index is 1500. The average Bonchev–Trinajstić information content (AvgIpc) is 3.44. The molecule has 2 atom stereocenters. The first-order valence-corrected chi connectivity index (χ1v) is 12.9. The number of alkyl halides is 3. The molecule has 1 aromatic carbocycles. The molecule has 4 aromatic rings. The number of rotatable bonds is 4. The van der Waals surface area contributed by atoms with E-state index in [4.69, 9.17) is 4.74 Å². The number of halogens is 4. The van der Waals surface area contributed by atoms with E-state index in [0.29, 0.717) is 29.1 Å². The Morgan fingerprint density at radius 1 is 1.13 bits per heavy atom. The van der Waals surface area contributed by atoms with Crippen LogP contribution in [0.15, 0.2) is 53.1 Å². The van der Waals surface area contributed by atoms with Gasteiger partial charge in [-0.1, -0.05) is 24.3 Å². The second-order valence-corrected chi connectivity index (χ2v) is 11.1. The maximum Gasteiger partial charge on any atom is 0.408 e. The number of carbonyl (C=O) groups excluding carboxylic acids is 1. The average molecular weight is 591 g/mol. The highest BCUT2D eigenvalue weighted by Gasteiger charge is 2.47. The number of carbonyl (C=O) groups is 1. The number of para-hydroxylation sites is 1. The first-order chi connectivity index (χ1) is 17.9. The molecule has 4 heterocycles. The lowest BCUT2D eigenvalue weighted by atomic mass is 10.1. The van der Waals surface area contributed by atoms with Crippen LogP contribution in [0.2, 0.25) is 0 Å². The SMILES string of the molecule is CC(C)(C)OC(=O)N[C@H]1CCN([C@H](c2ccc3nnc(-c4ccc5cccc(Br)c5n4)n3c2)C(F)(F)F)C1. The fourth-order valence-electron chi connectivity index (χ4n) is 4.70. The van der Waals surface area contributed by atoms with Crippen molar-refractivity contribution in [3.8, 4) is 11.5 Å². The van der Waals surface area contributed by atoms with Gasteiger partial charge in [-0.25, -0.2) is 9.78 Å². The van der Waals surface area contributed by atoms with Crippen molar-refractivity contribution in [2.45, 2.75) is 51.1 Å². The molecule has 1 N–H and O–H groups in total. The van der Waals surface area contributed by atoms with Crippen LogP contribution in [0.1, 0.15) is 38.8 Å². The molecule has 38 heavy (non-hydrogen) atoms. The van der Waals surface area contributed by atoms with Crippen LogP contribution in [0.25, 0.3) is 28.1 Å². The Hall–Kier alpha value is -3.25. The third kappa shape index (κ3) is 5.46. The van der Waals surface area contributed by atoms with Crippen molar-refractivity contribution in [2.75, 3.05) is 13.1 Å². The minimum Gasteiger partial charge on any atom is -0.444 e. The van der Waals surface area contributed by atoms with Gasteiger partial charge in [-0.2, -0.15) is 13.2 Å². The molecule has 0 aliphatic carbocycles. The van der Waals surface area contributed by atoms with Crippen LogP contribution in [0.5, 0.6) is 0 Å². The third-order valence-corrected chi connectivity index (χ3v) is 6.90. The van der Waals surface area contributed by atoms with E-state index in [-0.39, 0.29) is 18.7 Å². The van der Waals surface area contributed by atoms with Gasteiger partial charge in [0.1, 0.15) is 17.3 Å². The van der Waals surface area contributed by atoms with Crippen molar-refractivity contribution in [1.29, 1.82) is 0 Å². The molecule has 1 aliphatic heterocycles. The number of nitrogens with one attached hydrogen (secondary N) is 1. The molecule has 1 saturated heterocycles. The zero-order chi connectivity index (χ0) is 27.2. The summed E-state index contributed by atoms with van der Waals surface area (Å²) in [5.74, 6) is 0.339. The van der Waals surface area contributed by atoms with Crippen molar-refractivity contribution in [2.24, 2.45) is 0 Å². The largest absolute Gasteiger partial charge is 0.444 e. The standard InChI is InChI=1S/C26H26BrF3N6O2/c1-25(2,3)38-24(37)31-17-11-12-35(14-17)22(26(28,29)30)16-8-10-20-33-34-23(36(20)13-16)19-9-7-15-5-4-6-18(27)21(15)32-19/h4-10,13,17,22H,11-12,14H2,1-3H3,(H,31,37)/t17-,22+/m0/s1. The van der Waals surface area contributed by atoms with Gasteiger partial charge in [-0.3, -0.25) is 9.30 Å². The topological polar surface area (TPSA) is 84.6 Å².